The molecule has 0 spiro atoms. The standard InChI is InChI=1S/C13H24N2O5/c1-7(2)10(6-20-13(19)8(3)4)15-12(18)9(14)5-11(16)17/h7-10H,5-6,14H2,1-4H3,(H,15,18)(H,16,17). The van der Waals surface area contributed by atoms with Crippen molar-refractivity contribution >= 4 is 17.8 Å². The van der Waals surface area contributed by atoms with Crippen molar-refractivity contribution in [2.45, 2.75) is 46.2 Å². The van der Waals surface area contributed by atoms with Crippen LogP contribution in [-0.4, -0.2) is 41.6 Å². The van der Waals surface area contributed by atoms with Crippen LogP contribution < -0.4 is 11.1 Å². The zero-order valence-corrected chi connectivity index (χ0v) is 12.4. The summed E-state index contributed by atoms with van der Waals surface area (Å²) in [6.07, 6.45) is -0.442. The summed E-state index contributed by atoms with van der Waals surface area (Å²) < 4.78 is 5.08. The van der Waals surface area contributed by atoms with E-state index in [1.165, 1.54) is 0 Å². The Kier molecular flexibility index (Phi) is 7.83. The highest BCUT2D eigenvalue weighted by atomic mass is 16.5. The van der Waals surface area contributed by atoms with Gasteiger partial charge in [-0.2, -0.15) is 0 Å². The number of nitrogens with two attached hydrogens (primary N) is 1. The second-order valence-corrected chi connectivity index (χ2v) is 5.35. The van der Waals surface area contributed by atoms with E-state index in [0.717, 1.165) is 0 Å². The normalized spacial score (nSPS) is 13.9. The van der Waals surface area contributed by atoms with Gasteiger partial charge in [-0.25, -0.2) is 0 Å². The van der Waals surface area contributed by atoms with E-state index in [2.05, 4.69) is 5.32 Å². The molecule has 0 saturated heterocycles. The molecule has 0 aromatic heterocycles. The molecule has 0 aromatic carbocycles. The number of hydrogen-bond donors (Lipinski definition) is 3. The van der Waals surface area contributed by atoms with Gasteiger partial charge >= 0.3 is 11.9 Å². The number of hydrogen-bond acceptors (Lipinski definition) is 5. The fourth-order valence-corrected chi connectivity index (χ4v) is 1.31. The van der Waals surface area contributed by atoms with Gasteiger partial charge in [0.25, 0.3) is 0 Å². The van der Waals surface area contributed by atoms with Crippen LogP contribution in [0.3, 0.4) is 0 Å². The van der Waals surface area contributed by atoms with E-state index >= 15 is 0 Å². The van der Waals surface area contributed by atoms with Crippen LogP contribution in [-0.2, 0) is 19.1 Å². The largest absolute Gasteiger partial charge is 0.481 e. The van der Waals surface area contributed by atoms with Crippen molar-refractivity contribution in [3.05, 3.63) is 0 Å². The molecular weight excluding hydrogens is 264 g/mol. The molecular formula is C13H24N2O5. The van der Waals surface area contributed by atoms with Crippen molar-refractivity contribution in [3.8, 4) is 0 Å². The molecule has 0 aliphatic carbocycles. The summed E-state index contributed by atoms with van der Waals surface area (Å²) in [6.45, 7) is 7.19. The zero-order valence-electron chi connectivity index (χ0n) is 12.4. The Morgan fingerprint density at radius 3 is 2.15 bits per heavy atom. The van der Waals surface area contributed by atoms with E-state index in [1.807, 2.05) is 13.8 Å². The minimum atomic E-state index is -1.14. The first-order valence-electron chi connectivity index (χ1n) is 6.59. The molecule has 1 amide bonds. The fourth-order valence-electron chi connectivity index (χ4n) is 1.31. The Morgan fingerprint density at radius 2 is 1.75 bits per heavy atom. The van der Waals surface area contributed by atoms with Gasteiger partial charge in [0.2, 0.25) is 5.91 Å². The van der Waals surface area contributed by atoms with Crippen LogP contribution in [0.15, 0.2) is 0 Å². The topological polar surface area (TPSA) is 119 Å². The maximum atomic E-state index is 11.7. The van der Waals surface area contributed by atoms with Crippen molar-refractivity contribution < 1.29 is 24.2 Å². The summed E-state index contributed by atoms with van der Waals surface area (Å²) in [4.78, 5) is 33.6. The molecule has 0 aliphatic rings. The Balaban J connectivity index is 4.44. The summed E-state index contributed by atoms with van der Waals surface area (Å²) in [6, 6.07) is -1.51. The third-order valence-electron chi connectivity index (χ3n) is 2.74. The Morgan fingerprint density at radius 1 is 1.20 bits per heavy atom. The van der Waals surface area contributed by atoms with Gasteiger partial charge in [-0.05, 0) is 5.92 Å². The van der Waals surface area contributed by atoms with Gasteiger partial charge in [0.05, 0.1) is 24.4 Å². The van der Waals surface area contributed by atoms with Gasteiger partial charge in [0.15, 0.2) is 0 Å². The molecule has 2 unspecified atom stereocenters. The van der Waals surface area contributed by atoms with Crippen LogP contribution in [0.1, 0.15) is 34.1 Å². The Labute approximate surface area is 118 Å². The molecule has 0 radical (unpaired) electrons. The van der Waals surface area contributed by atoms with Gasteiger partial charge in [0.1, 0.15) is 6.61 Å². The monoisotopic (exact) mass is 288 g/mol. The van der Waals surface area contributed by atoms with Crippen LogP contribution in [0.2, 0.25) is 0 Å². The molecule has 0 aromatic rings. The number of carboxylic acids is 1. The van der Waals surface area contributed by atoms with Crippen LogP contribution >= 0.6 is 0 Å². The second kappa shape index (κ2) is 8.52. The number of aliphatic carboxylic acids is 1. The molecule has 2 atom stereocenters. The lowest BCUT2D eigenvalue weighted by Gasteiger charge is -2.24. The highest BCUT2D eigenvalue weighted by Crippen LogP contribution is 2.05. The number of nitrogens with one attached hydrogen (secondary N) is 1. The molecule has 0 rings (SSSR count). The SMILES string of the molecule is CC(C)C(=O)OCC(NC(=O)C(N)CC(=O)O)C(C)C. The molecule has 0 heterocycles. The number of ether oxygens (including phenoxy) is 1. The minimum absolute atomic E-state index is 0.0240. The summed E-state index contributed by atoms with van der Waals surface area (Å²) >= 11 is 0. The highest BCUT2D eigenvalue weighted by molar-refractivity contribution is 5.86. The van der Waals surface area contributed by atoms with E-state index in [4.69, 9.17) is 15.6 Å². The second-order valence-electron chi connectivity index (χ2n) is 5.35. The summed E-state index contributed by atoms with van der Waals surface area (Å²) in [5.74, 6) is -2.27. The first-order chi connectivity index (χ1) is 9.15. The average Bonchev–Trinajstić information content (AvgIpc) is 2.31. The average molecular weight is 288 g/mol. The van der Waals surface area contributed by atoms with Gasteiger partial charge in [0, 0.05) is 0 Å². The number of esters is 1. The third-order valence-corrected chi connectivity index (χ3v) is 2.74. The van der Waals surface area contributed by atoms with E-state index < -0.39 is 30.4 Å². The molecule has 7 heteroatoms. The van der Waals surface area contributed by atoms with E-state index in [9.17, 15) is 14.4 Å². The minimum Gasteiger partial charge on any atom is -0.481 e. The van der Waals surface area contributed by atoms with Crippen molar-refractivity contribution in [2.24, 2.45) is 17.6 Å². The predicted octanol–water partition coefficient (Wildman–Crippen LogP) is 0.128. The lowest BCUT2D eigenvalue weighted by atomic mass is 10.0. The van der Waals surface area contributed by atoms with E-state index in [-0.39, 0.29) is 24.4 Å². The van der Waals surface area contributed by atoms with Crippen LogP contribution in [0, 0.1) is 11.8 Å². The molecule has 0 aliphatic heterocycles. The molecule has 20 heavy (non-hydrogen) atoms. The Hall–Kier alpha value is -1.63. The first-order valence-corrected chi connectivity index (χ1v) is 6.59. The van der Waals surface area contributed by atoms with Gasteiger partial charge in [-0.15, -0.1) is 0 Å². The quantitative estimate of drug-likeness (QED) is 0.546. The molecule has 116 valence electrons. The van der Waals surface area contributed by atoms with Crippen molar-refractivity contribution in [1.29, 1.82) is 0 Å². The fraction of sp³-hybridized carbons (Fsp3) is 0.769. The smallest absolute Gasteiger partial charge is 0.308 e. The Bertz CT molecular complexity index is 355. The zero-order chi connectivity index (χ0) is 15.9. The predicted molar refractivity (Wildman–Crippen MR) is 72.8 cm³/mol. The van der Waals surface area contributed by atoms with Gasteiger partial charge < -0.3 is 20.9 Å². The number of amides is 1. The molecule has 4 N–H and O–H groups in total. The van der Waals surface area contributed by atoms with Crippen molar-refractivity contribution in [3.63, 3.8) is 0 Å². The molecule has 0 fully saturated rings. The van der Waals surface area contributed by atoms with Gasteiger partial charge in [-0.1, -0.05) is 27.7 Å². The highest BCUT2D eigenvalue weighted by Gasteiger charge is 2.23. The van der Waals surface area contributed by atoms with E-state index in [1.54, 1.807) is 13.8 Å². The molecule has 7 nitrogen and oxygen atoms in total. The maximum absolute atomic E-state index is 11.7. The maximum Gasteiger partial charge on any atom is 0.308 e. The van der Waals surface area contributed by atoms with Crippen LogP contribution in [0.25, 0.3) is 0 Å². The molecule has 0 saturated carbocycles. The van der Waals surface area contributed by atoms with Crippen molar-refractivity contribution in [1.82, 2.24) is 5.32 Å². The van der Waals surface area contributed by atoms with Crippen LogP contribution in [0.4, 0.5) is 0 Å². The lowest BCUT2D eigenvalue weighted by Crippen LogP contribution is -2.50. The number of carboxylic acid groups (broad SMARTS) is 1. The molecule has 0 bridgehead atoms. The number of carbonyl (C=O) groups excluding carboxylic acids is 2. The van der Waals surface area contributed by atoms with Crippen molar-refractivity contribution in [2.75, 3.05) is 6.61 Å². The number of carbonyl (C=O) groups is 3. The third kappa shape index (κ3) is 7.08. The summed E-state index contributed by atoms with van der Waals surface area (Å²) in [7, 11) is 0. The lowest BCUT2D eigenvalue weighted by molar-refractivity contribution is -0.149. The van der Waals surface area contributed by atoms with Gasteiger partial charge in [-0.3, -0.25) is 14.4 Å². The first kappa shape index (κ1) is 18.4. The number of rotatable bonds is 8. The summed E-state index contributed by atoms with van der Waals surface area (Å²) in [5.41, 5.74) is 5.47. The van der Waals surface area contributed by atoms with Crippen LogP contribution in [0.5, 0.6) is 0 Å². The summed E-state index contributed by atoms with van der Waals surface area (Å²) in [5, 5.41) is 11.2. The van der Waals surface area contributed by atoms with E-state index in [0.29, 0.717) is 0 Å².